The summed E-state index contributed by atoms with van der Waals surface area (Å²) in [4.78, 5) is 14.6. The van der Waals surface area contributed by atoms with Crippen molar-refractivity contribution in [2.45, 2.75) is 51.0 Å². The second kappa shape index (κ2) is 9.76. The first-order valence-corrected chi connectivity index (χ1v) is 12.9. The molecule has 1 unspecified atom stereocenters. The van der Waals surface area contributed by atoms with Gasteiger partial charge >= 0.3 is 5.97 Å². The van der Waals surface area contributed by atoms with Gasteiger partial charge in [0.05, 0.1) is 23.1 Å². The average Bonchev–Trinajstić information content (AvgIpc) is 2.77. The topological polar surface area (TPSA) is 87.7 Å². The van der Waals surface area contributed by atoms with E-state index in [1.54, 1.807) is 55.3 Å². The van der Waals surface area contributed by atoms with E-state index in [2.05, 4.69) is 30.8 Å². The number of anilines is 1. The largest absolute Gasteiger partial charge is 0.463 e. The first-order valence-electron chi connectivity index (χ1n) is 11.0. The van der Waals surface area contributed by atoms with E-state index in [4.69, 9.17) is 17.0 Å². The number of hydrogen-bond donors (Lipinski definition) is 2. The van der Waals surface area contributed by atoms with Crippen LogP contribution in [-0.2, 0) is 25.0 Å². The smallest absolute Gasteiger partial charge is 0.338 e. The molecule has 0 radical (unpaired) electrons. The summed E-state index contributed by atoms with van der Waals surface area (Å²) in [5.74, 6) is -0.421. The zero-order valence-corrected chi connectivity index (χ0v) is 21.9. The van der Waals surface area contributed by atoms with Gasteiger partial charge in [0.1, 0.15) is 0 Å². The van der Waals surface area contributed by atoms with Crippen molar-refractivity contribution in [2.75, 3.05) is 18.4 Å². The number of hydrogen-bond acceptors (Lipinski definition) is 5. The molecule has 2 aromatic rings. The van der Waals surface area contributed by atoms with Crippen LogP contribution < -0.4 is 10.0 Å². The third-order valence-corrected chi connectivity index (χ3v) is 7.57. The molecule has 1 atom stereocenters. The number of esters is 1. The Morgan fingerprint density at radius 1 is 1.12 bits per heavy atom. The van der Waals surface area contributed by atoms with Gasteiger partial charge in [-0.25, -0.2) is 13.2 Å². The lowest BCUT2D eigenvalue weighted by molar-refractivity contribution is -0.139. The Labute approximate surface area is 207 Å². The molecule has 0 saturated heterocycles. The van der Waals surface area contributed by atoms with E-state index < -0.39 is 22.0 Å². The van der Waals surface area contributed by atoms with Crippen LogP contribution >= 0.6 is 12.2 Å². The molecule has 34 heavy (non-hydrogen) atoms. The molecule has 9 heteroatoms. The van der Waals surface area contributed by atoms with Crippen molar-refractivity contribution in [3.63, 3.8) is 0 Å². The average molecular weight is 502 g/mol. The van der Waals surface area contributed by atoms with Gasteiger partial charge in [0.25, 0.3) is 10.0 Å². The Morgan fingerprint density at radius 2 is 1.71 bits per heavy atom. The van der Waals surface area contributed by atoms with Crippen molar-refractivity contribution in [2.24, 2.45) is 0 Å². The zero-order chi connectivity index (χ0) is 25.3. The Kier molecular flexibility index (Phi) is 7.38. The van der Waals surface area contributed by atoms with Gasteiger partial charge in [-0.15, -0.1) is 0 Å². The number of allylic oxidation sites excluding steroid dienone is 1. The highest BCUT2D eigenvalue weighted by Gasteiger charge is 2.33. The fraction of sp³-hybridized carbons (Fsp3) is 0.360. The van der Waals surface area contributed by atoms with Gasteiger partial charge in [0.2, 0.25) is 0 Å². The summed E-state index contributed by atoms with van der Waals surface area (Å²) < 4.78 is 33.6. The number of rotatable bonds is 6. The number of nitrogens with zero attached hydrogens (tertiary/aromatic N) is 1. The normalized spacial score (nSPS) is 16.8. The van der Waals surface area contributed by atoms with E-state index in [-0.39, 0.29) is 16.9 Å². The number of ether oxygens (including phenoxy) is 1. The van der Waals surface area contributed by atoms with E-state index >= 15 is 0 Å². The summed E-state index contributed by atoms with van der Waals surface area (Å²) in [6.45, 7) is 10.1. The summed E-state index contributed by atoms with van der Waals surface area (Å²) in [6.07, 6.45) is 0. The fourth-order valence-corrected chi connectivity index (χ4v) is 4.96. The second-order valence-electron chi connectivity index (χ2n) is 9.16. The van der Waals surface area contributed by atoms with Crippen molar-refractivity contribution < 1.29 is 17.9 Å². The SMILES string of the molecule is CCOC(=O)C1=C(C)N(C)C(=S)NC1c1ccc(NS(=O)(=O)c2ccc(C(C)(C)C)cc2)cc1. The van der Waals surface area contributed by atoms with Gasteiger partial charge in [-0.2, -0.15) is 0 Å². The minimum absolute atomic E-state index is 0.0644. The molecule has 7 nitrogen and oxygen atoms in total. The van der Waals surface area contributed by atoms with E-state index in [9.17, 15) is 13.2 Å². The lowest BCUT2D eigenvalue weighted by Crippen LogP contribution is -2.46. The molecule has 0 bridgehead atoms. The predicted molar refractivity (Wildman–Crippen MR) is 138 cm³/mol. The van der Waals surface area contributed by atoms with Crippen LogP contribution in [0.5, 0.6) is 0 Å². The fourth-order valence-electron chi connectivity index (χ4n) is 3.65. The van der Waals surface area contributed by atoms with Crippen molar-refractivity contribution in [3.8, 4) is 0 Å². The summed E-state index contributed by atoms with van der Waals surface area (Å²) in [5.41, 5.74) is 3.33. The summed E-state index contributed by atoms with van der Waals surface area (Å²) >= 11 is 5.41. The predicted octanol–water partition coefficient (Wildman–Crippen LogP) is 4.48. The summed E-state index contributed by atoms with van der Waals surface area (Å²) in [7, 11) is -1.96. The van der Waals surface area contributed by atoms with Crippen LogP contribution in [0.25, 0.3) is 0 Å². The third-order valence-electron chi connectivity index (χ3n) is 5.78. The molecule has 2 N–H and O–H groups in total. The zero-order valence-electron chi connectivity index (χ0n) is 20.3. The summed E-state index contributed by atoms with van der Waals surface area (Å²) in [5, 5.41) is 3.66. The van der Waals surface area contributed by atoms with Gasteiger partial charge < -0.3 is 15.0 Å². The van der Waals surface area contributed by atoms with Crippen molar-refractivity contribution >= 4 is 39.0 Å². The van der Waals surface area contributed by atoms with Gasteiger partial charge in [-0.05, 0) is 66.9 Å². The number of thiocarbonyl (C=S) groups is 1. The van der Waals surface area contributed by atoms with Crippen molar-refractivity contribution in [1.29, 1.82) is 0 Å². The molecular weight excluding hydrogens is 470 g/mol. The monoisotopic (exact) mass is 501 g/mol. The van der Waals surface area contributed by atoms with Crippen LogP contribution in [-0.4, -0.2) is 38.1 Å². The van der Waals surface area contributed by atoms with Gasteiger partial charge in [-0.3, -0.25) is 4.72 Å². The Morgan fingerprint density at radius 3 is 2.24 bits per heavy atom. The maximum Gasteiger partial charge on any atom is 0.338 e. The highest BCUT2D eigenvalue weighted by Crippen LogP contribution is 2.32. The quantitative estimate of drug-likeness (QED) is 0.446. The van der Waals surface area contributed by atoms with Crippen LogP contribution in [0, 0.1) is 0 Å². The highest BCUT2D eigenvalue weighted by atomic mass is 32.2. The minimum Gasteiger partial charge on any atom is -0.463 e. The van der Waals surface area contributed by atoms with Crippen LogP contribution in [0.3, 0.4) is 0 Å². The van der Waals surface area contributed by atoms with Crippen molar-refractivity contribution in [1.82, 2.24) is 10.2 Å². The minimum atomic E-state index is -3.75. The van der Waals surface area contributed by atoms with Crippen LogP contribution in [0.4, 0.5) is 5.69 Å². The number of sulfonamides is 1. The van der Waals surface area contributed by atoms with E-state index in [0.29, 0.717) is 22.1 Å². The molecule has 0 aliphatic carbocycles. The van der Waals surface area contributed by atoms with Gasteiger partial charge in [-0.1, -0.05) is 45.0 Å². The van der Waals surface area contributed by atoms with E-state index in [1.807, 2.05) is 19.1 Å². The molecule has 182 valence electrons. The Bertz CT molecular complexity index is 1210. The molecule has 0 aromatic heterocycles. The Balaban J connectivity index is 1.85. The summed E-state index contributed by atoms with van der Waals surface area (Å²) in [6, 6.07) is 13.2. The maximum atomic E-state index is 12.9. The van der Waals surface area contributed by atoms with Gasteiger partial charge in [0, 0.05) is 18.4 Å². The van der Waals surface area contributed by atoms with Crippen LogP contribution in [0.1, 0.15) is 51.8 Å². The number of carbonyl (C=O) groups excluding carboxylic acids is 1. The first kappa shape index (κ1) is 25.7. The molecule has 2 aromatic carbocycles. The standard InChI is InChI=1S/C25H31N3O4S2/c1-7-32-23(29)21-16(2)28(6)24(33)26-22(21)17-8-12-19(13-9-17)27-34(30,31)20-14-10-18(11-15-20)25(3,4)5/h8-15,22,27H,7H2,1-6H3,(H,26,33). The number of carbonyl (C=O) groups is 1. The molecule has 3 rings (SSSR count). The number of nitrogens with one attached hydrogen (secondary N) is 2. The van der Waals surface area contributed by atoms with E-state index in [0.717, 1.165) is 11.1 Å². The molecule has 0 amide bonds. The molecule has 1 aliphatic rings. The number of benzene rings is 2. The first-order chi connectivity index (χ1) is 15.8. The molecular formula is C25H31N3O4S2. The second-order valence-corrected chi connectivity index (χ2v) is 11.2. The molecule has 0 saturated carbocycles. The van der Waals surface area contributed by atoms with Gasteiger partial charge in [0.15, 0.2) is 5.11 Å². The lowest BCUT2D eigenvalue weighted by Gasteiger charge is -2.35. The third kappa shape index (κ3) is 5.42. The lowest BCUT2D eigenvalue weighted by atomic mass is 9.87. The van der Waals surface area contributed by atoms with E-state index in [1.165, 1.54) is 0 Å². The Hall–Kier alpha value is -2.91. The molecule has 0 fully saturated rings. The molecule has 1 aliphatic heterocycles. The highest BCUT2D eigenvalue weighted by molar-refractivity contribution is 7.92. The molecule has 1 heterocycles. The van der Waals surface area contributed by atoms with Crippen molar-refractivity contribution in [3.05, 3.63) is 70.9 Å². The van der Waals surface area contributed by atoms with Crippen LogP contribution in [0.2, 0.25) is 0 Å². The molecule has 0 spiro atoms. The maximum absolute atomic E-state index is 12.9. The van der Waals surface area contributed by atoms with Crippen LogP contribution in [0.15, 0.2) is 64.7 Å².